The largest absolute Gasteiger partial charge is 0.416 e. The van der Waals surface area contributed by atoms with Gasteiger partial charge in [0, 0.05) is 11.1 Å². The van der Waals surface area contributed by atoms with E-state index in [1.54, 1.807) is 0 Å². The average Bonchev–Trinajstić information content (AvgIpc) is 2.66. The summed E-state index contributed by atoms with van der Waals surface area (Å²) < 4.78 is 38.2. The first kappa shape index (κ1) is 18.0. The maximum Gasteiger partial charge on any atom is 0.416 e. The van der Waals surface area contributed by atoms with Crippen molar-refractivity contribution in [3.8, 4) is 0 Å². The summed E-state index contributed by atoms with van der Waals surface area (Å²) >= 11 is 0. The zero-order valence-corrected chi connectivity index (χ0v) is 14.9. The van der Waals surface area contributed by atoms with Crippen molar-refractivity contribution in [3.63, 3.8) is 0 Å². The van der Waals surface area contributed by atoms with Crippen LogP contribution in [-0.2, 0) is 19.1 Å². The Labute approximate surface area is 156 Å². The van der Waals surface area contributed by atoms with Crippen LogP contribution in [0.2, 0.25) is 0 Å². The number of hydrogen-bond acceptors (Lipinski definition) is 2. The third kappa shape index (κ3) is 3.72. The number of anilines is 1. The van der Waals surface area contributed by atoms with E-state index >= 15 is 0 Å². The fourth-order valence-electron chi connectivity index (χ4n) is 4.00. The standard InChI is InChI=1S/C21H22F3N3/c22-21(23,24)17-7-5-15(6-8-17)14-26-19-20(9-11-25-12-10-20)13-16-3-1-2-4-18(16)27-19/h1-8,25H,9-14H2,(H,26,27). The van der Waals surface area contributed by atoms with Crippen molar-refractivity contribution in [2.24, 2.45) is 10.4 Å². The number of rotatable bonds is 2. The minimum Gasteiger partial charge on any atom is -0.343 e. The van der Waals surface area contributed by atoms with Gasteiger partial charge in [-0.05, 0) is 61.7 Å². The Kier molecular flexibility index (Phi) is 4.68. The molecule has 2 aliphatic heterocycles. The molecule has 0 aromatic heterocycles. The quantitative estimate of drug-likeness (QED) is 0.804. The Balaban J connectivity index is 1.60. The predicted molar refractivity (Wildman–Crippen MR) is 101 cm³/mol. The number of fused-ring (bicyclic) bond motifs is 1. The molecule has 2 aliphatic rings. The van der Waals surface area contributed by atoms with E-state index in [1.165, 1.54) is 17.7 Å². The van der Waals surface area contributed by atoms with Crippen LogP contribution in [0.3, 0.4) is 0 Å². The molecule has 2 heterocycles. The minimum atomic E-state index is -4.31. The van der Waals surface area contributed by atoms with Crippen molar-refractivity contribution in [2.45, 2.75) is 32.0 Å². The molecule has 3 nitrogen and oxygen atoms in total. The molecule has 2 N–H and O–H groups in total. The van der Waals surface area contributed by atoms with Crippen LogP contribution < -0.4 is 10.6 Å². The van der Waals surface area contributed by atoms with Gasteiger partial charge in [0.1, 0.15) is 5.84 Å². The highest BCUT2D eigenvalue weighted by atomic mass is 19.4. The first-order valence-corrected chi connectivity index (χ1v) is 9.23. The van der Waals surface area contributed by atoms with Crippen molar-refractivity contribution in [2.75, 3.05) is 18.4 Å². The Hall–Kier alpha value is -2.34. The molecular weight excluding hydrogens is 351 g/mol. The molecule has 0 amide bonds. The molecule has 0 atom stereocenters. The number of nitrogens with zero attached hydrogens (tertiary/aromatic N) is 1. The predicted octanol–water partition coefficient (Wildman–Crippen LogP) is 4.64. The number of benzene rings is 2. The Morgan fingerprint density at radius 2 is 1.67 bits per heavy atom. The van der Waals surface area contributed by atoms with Crippen molar-refractivity contribution >= 4 is 11.5 Å². The summed E-state index contributed by atoms with van der Waals surface area (Å²) in [4.78, 5) is 4.82. The van der Waals surface area contributed by atoms with E-state index in [9.17, 15) is 13.2 Å². The number of piperidine rings is 1. The summed E-state index contributed by atoms with van der Waals surface area (Å²) in [5.41, 5.74) is 2.50. The molecule has 4 rings (SSSR count). The van der Waals surface area contributed by atoms with Gasteiger partial charge in [0.05, 0.1) is 12.1 Å². The monoisotopic (exact) mass is 373 g/mol. The average molecular weight is 373 g/mol. The Morgan fingerprint density at radius 3 is 2.37 bits per heavy atom. The molecule has 1 fully saturated rings. The lowest BCUT2D eigenvalue weighted by Gasteiger charge is -2.42. The van der Waals surface area contributed by atoms with Crippen molar-refractivity contribution < 1.29 is 13.2 Å². The van der Waals surface area contributed by atoms with E-state index in [1.807, 2.05) is 6.07 Å². The van der Waals surface area contributed by atoms with Gasteiger partial charge < -0.3 is 10.6 Å². The van der Waals surface area contributed by atoms with Gasteiger partial charge in [-0.2, -0.15) is 13.2 Å². The van der Waals surface area contributed by atoms with Gasteiger partial charge in [0.25, 0.3) is 0 Å². The summed E-state index contributed by atoms with van der Waals surface area (Å²) in [5, 5.41) is 6.91. The summed E-state index contributed by atoms with van der Waals surface area (Å²) in [7, 11) is 0. The number of para-hydroxylation sites is 1. The second kappa shape index (κ2) is 7.00. The molecule has 1 spiro atoms. The fraction of sp³-hybridized carbons (Fsp3) is 0.381. The van der Waals surface area contributed by atoms with E-state index in [0.29, 0.717) is 6.54 Å². The highest BCUT2D eigenvalue weighted by Crippen LogP contribution is 2.41. The third-order valence-electron chi connectivity index (χ3n) is 5.56. The minimum absolute atomic E-state index is 0.0223. The molecular formula is C21H22F3N3. The third-order valence-corrected chi connectivity index (χ3v) is 5.56. The number of aliphatic imine (C=N–C) groups is 1. The highest BCUT2D eigenvalue weighted by Gasteiger charge is 2.41. The molecule has 0 saturated carbocycles. The van der Waals surface area contributed by atoms with Gasteiger partial charge in [0.2, 0.25) is 0 Å². The molecule has 0 aliphatic carbocycles. The van der Waals surface area contributed by atoms with Crippen molar-refractivity contribution in [3.05, 3.63) is 65.2 Å². The number of amidine groups is 1. The molecule has 142 valence electrons. The van der Waals surface area contributed by atoms with E-state index in [4.69, 9.17) is 4.99 Å². The summed E-state index contributed by atoms with van der Waals surface area (Å²) in [6, 6.07) is 13.5. The molecule has 0 radical (unpaired) electrons. The maximum absolute atomic E-state index is 12.7. The van der Waals surface area contributed by atoms with Crippen LogP contribution in [-0.4, -0.2) is 18.9 Å². The highest BCUT2D eigenvalue weighted by molar-refractivity contribution is 6.02. The van der Waals surface area contributed by atoms with Crippen LogP contribution in [0.4, 0.5) is 18.9 Å². The molecule has 2 aromatic carbocycles. The van der Waals surface area contributed by atoms with Crippen LogP contribution in [0, 0.1) is 5.41 Å². The van der Waals surface area contributed by atoms with E-state index in [0.717, 1.165) is 61.6 Å². The SMILES string of the molecule is FC(F)(F)c1ccc(CN=C2Nc3ccccc3CC23CCNCC3)cc1. The zero-order valence-electron chi connectivity index (χ0n) is 14.9. The van der Waals surface area contributed by atoms with Gasteiger partial charge in [-0.15, -0.1) is 0 Å². The molecule has 27 heavy (non-hydrogen) atoms. The maximum atomic E-state index is 12.7. The summed E-state index contributed by atoms with van der Waals surface area (Å²) in [5.74, 6) is 0.961. The first-order chi connectivity index (χ1) is 13.0. The van der Waals surface area contributed by atoms with Crippen molar-refractivity contribution in [1.29, 1.82) is 0 Å². The molecule has 0 bridgehead atoms. The van der Waals surface area contributed by atoms with Crippen LogP contribution in [0.1, 0.15) is 29.5 Å². The number of hydrogen-bond donors (Lipinski definition) is 2. The normalized spacial score (nSPS) is 20.3. The van der Waals surface area contributed by atoms with Crippen molar-refractivity contribution in [1.82, 2.24) is 5.32 Å². The summed E-state index contributed by atoms with van der Waals surface area (Å²) in [6.45, 7) is 2.27. The van der Waals surface area contributed by atoms with E-state index < -0.39 is 11.7 Å². The van der Waals surface area contributed by atoms with Gasteiger partial charge in [0.15, 0.2) is 0 Å². The second-order valence-electron chi connectivity index (χ2n) is 7.35. The van der Waals surface area contributed by atoms with Gasteiger partial charge in [-0.25, -0.2) is 0 Å². The van der Waals surface area contributed by atoms with E-state index in [-0.39, 0.29) is 5.41 Å². The van der Waals surface area contributed by atoms with Crippen LogP contribution in [0.15, 0.2) is 53.5 Å². The Morgan fingerprint density at radius 1 is 0.963 bits per heavy atom. The lowest BCUT2D eigenvalue weighted by Crippen LogP contribution is -2.48. The topological polar surface area (TPSA) is 36.4 Å². The van der Waals surface area contributed by atoms with Gasteiger partial charge in [-0.3, -0.25) is 4.99 Å². The van der Waals surface area contributed by atoms with Crippen LogP contribution in [0.25, 0.3) is 0 Å². The molecule has 2 aromatic rings. The lowest BCUT2D eigenvalue weighted by molar-refractivity contribution is -0.137. The van der Waals surface area contributed by atoms with Gasteiger partial charge >= 0.3 is 6.18 Å². The number of alkyl halides is 3. The molecule has 1 saturated heterocycles. The first-order valence-electron chi connectivity index (χ1n) is 9.23. The van der Waals surface area contributed by atoms with E-state index in [2.05, 4.69) is 28.8 Å². The molecule has 6 heteroatoms. The zero-order chi connectivity index (χ0) is 18.9. The lowest BCUT2D eigenvalue weighted by atomic mass is 9.71. The van der Waals surface area contributed by atoms with Crippen LogP contribution >= 0.6 is 0 Å². The Bertz CT molecular complexity index is 834. The second-order valence-corrected chi connectivity index (χ2v) is 7.35. The fourth-order valence-corrected chi connectivity index (χ4v) is 4.00. The molecule has 0 unspecified atom stereocenters. The van der Waals surface area contributed by atoms with Gasteiger partial charge in [-0.1, -0.05) is 30.3 Å². The number of halogens is 3. The number of nitrogens with one attached hydrogen (secondary N) is 2. The smallest absolute Gasteiger partial charge is 0.343 e. The van der Waals surface area contributed by atoms with Crippen LogP contribution in [0.5, 0.6) is 0 Å². The summed E-state index contributed by atoms with van der Waals surface area (Å²) in [6.07, 6.45) is -1.36.